The lowest BCUT2D eigenvalue weighted by Crippen LogP contribution is -2.38. The van der Waals surface area contributed by atoms with Gasteiger partial charge in [-0.15, -0.1) is 0 Å². The van der Waals surface area contributed by atoms with Crippen molar-refractivity contribution >= 4 is 5.69 Å². The zero-order valence-electron chi connectivity index (χ0n) is 13.3. The topological polar surface area (TPSA) is 38.7 Å². The van der Waals surface area contributed by atoms with Crippen LogP contribution in [0.2, 0.25) is 0 Å². The fraction of sp³-hybridized carbons (Fsp3) is 0.625. The van der Waals surface area contributed by atoms with Gasteiger partial charge < -0.3 is 20.2 Å². The van der Waals surface area contributed by atoms with Crippen LogP contribution in [0.15, 0.2) is 18.2 Å². The molecule has 1 fully saturated rings. The first-order chi connectivity index (χ1) is 9.92. The lowest BCUT2D eigenvalue weighted by molar-refractivity contribution is 0.191. The van der Waals surface area contributed by atoms with E-state index in [2.05, 4.69) is 15.1 Å². The molecule has 2 N–H and O–H groups in total. The Morgan fingerprint density at radius 3 is 2.81 bits per heavy atom. The normalized spacial score (nSPS) is 23.9. The quantitative estimate of drug-likeness (QED) is 0.865. The van der Waals surface area contributed by atoms with E-state index in [0.717, 1.165) is 24.2 Å². The van der Waals surface area contributed by atoms with Crippen LogP contribution in [0, 0.1) is 5.82 Å². The summed E-state index contributed by atoms with van der Waals surface area (Å²) in [5.74, 6) is -0.222. The number of likely N-dealkylation sites (N-methyl/N-ethyl adjacent to an activating group) is 1. The number of aliphatic hydroxyl groups excluding tert-OH is 1. The summed E-state index contributed by atoms with van der Waals surface area (Å²) in [7, 11) is 5.94. The predicted molar refractivity (Wildman–Crippen MR) is 84.2 cm³/mol. The fourth-order valence-corrected chi connectivity index (χ4v) is 3.07. The van der Waals surface area contributed by atoms with Crippen LogP contribution in [0.25, 0.3) is 0 Å². The smallest absolute Gasteiger partial charge is 0.123 e. The van der Waals surface area contributed by atoms with Crippen molar-refractivity contribution in [2.24, 2.45) is 0 Å². The SMILES string of the molecule is CNC(C)c1cc(F)ccc1N1CC(O)CC1CN(C)C. The Bertz CT molecular complexity index is 481. The van der Waals surface area contributed by atoms with Crippen molar-refractivity contribution in [3.8, 4) is 0 Å². The van der Waals surface area contributed by atoms with Crippen LogP contribution in [0.1, 0.15) is 24.9 Å². The van der Waals surface area contributed by atoms with E-state index in [4.69, 9.17) is 0 Å². The number of rotatable bonds is 5. The third-order valence-electron chi connectivity index (χ3n) is 4.17. The van der Waals surface area contributed by atoms with Gasteiger partial charge in [0.15, 0.2) is 0 Å². The highest BCUT2D eigenvalue weighted by molar-refractivity contribution is 5.57. The second-order valence-electron chi connectivity index (χ2n) is 6.17. The van der Waals surface area contributed by atoms with Gasteiger partial charge in [0, 0.05) is 30.9 Å². The van der Waals surface area contributed by atoms with Crippen LogP contribution in [0.5, 0.6) is 0 Å². The molecule has 118 valence electrons. The maximum Gasteiger partial charge on any atom is 0.123 e. The molecule has 2 rings (SSSR count). The van der Waals surface area contributed by atoms with Crippen molar-refractivity contribution in [2.75, 3.05) is 39.1 Å². The van der Waals surface area contributed by atoms with Crippen molar-refractivity contribution in [3.05, 3.63) is 29.6 Å². The number of halogens is 1. The van der Waals surface area contributed by atoms with Crippen molar-refractivity contribution in [1.82, 2.24) is 10.2 Å². The van der Waals surface area contributed by atoms with E-state index in [1.54, 1.807) is 6.07 Å². The van der Waals surface area contributed by atoms with Gasteiger partial charge in [0.25, 0.3) is 0 Å². The van der Waals surface area contributed by atoms with E-state index >= 15 is 0 Å². The highest BCUT2D eigenvalue weighted by Crippen LogP contribution is 2.33. The van der Waals surface area contributed by atoms with Crippen LogP contribution in [0.4, 0.5) is 10.1 Å². The number of hydrogen-bond donors (Lipinski definition) is 2. The largest absolute Gasteiger partial charge is 0.391 e. The second-order valence-corrected chi connectivity index (χ2v) is 6.17. The summed E-state index contributed by atoms with van der Waals surface area (Å²) in [4.78, 5) is 4.34. The van der Waals surface area contributed by atoms with Gasteiger partial charge in [-0.3, -0.25) is 0 Å². The van der Waals surface area contributed by atoms with Gasteiger partial charge in [0.2, 0.25) is 0 Å². The number of anilines is 1. The van der Waals surface area contributed by atoms with Gasteiger partial charge in [-0.2, -0.15) is 0 Å². The molecule has 21 heavy (non-hydrogen) atoms. The first kappa shape index (κ1) is 16.2. The molecule has 0 aliphatic carbocycles. The van der Waals surface area contributed by atoms with Crippen molar-refractivity contribution in [2.45, 2.75) is 31.5 Å². The van der Waals surface area contributed by atoms with Crippen LogP contribution < -0.4 is 10.2 Å². The second kappa shape index (κ2) is 6.73. The minimum Gasteiger partial charge on any atom is -0.391 e. The summed E-state index contributed by atoms with van der Waals surface area (Å²) in [6.07, 6.45) is 0.431. The molecule has 0 aromatic heterocycles. The summed E-state index contributed by atoms with van der Waals surface area (Å²) in [6, 6.07) is 5.24. The maximum absolute atomic E-state index is 13.6. The van der Waals surface area contributed by atoms with Crippen molar-refractivity contribution in [3.63, 3.8) is 0 Å². The average Bonchev–Trinajstić information content (AvgIpc) is 2.77. The molecule has 0 bridgehead atoms. The Balaban J connectivity index is 2.34. The summed E-state index contributed by atoms with van der Waals surface area (Å²) in [5, 5.41) is 13.2. The highest BCUT2D eigenvalue weighted by Gasteiger charge is 2.33. The molecule has 1 aliphatic rings. The Morgan fingerprint density at radius 2 is 2.19 bits per heavy atom. The van der Waals surface area contributed by atoms with Crippen LogP contribution >= 0.6 is 0 Å². The maximum atomic E-state index is 13.6. The predicted octanol–water partition coefficient (Wildman–Crippen LogP) is 1.61. The standard InChI is InChI=1S/C16H26FN3O/c1-11(18-2)15-7-12(17)5-6-16(15)20-10-14(21)8-13(20)9-19(3)4/h5-7,11,13-14,18,21H,8-10H2,1-4H3. The van der Waals surface area contributed by atoms with Crippen molar-refractivity contribution < 1.29 is 9.50 Å². The number of nitrogens with zero attached hydrogens (tertiary/aromatic N) is 2. The van der Waals surface area contributed by atoms with Gasteiger partial charge in [-0.1, -0.05) is 0 Å². The molecule has 1 saturated heterocycles. The molecule has 0 radical (unpaired) electrons. The Labute approximate surface area is 126 Å². The minimum absolute atomic E-state index is 0.0634. The van der Waals surface area contributed by atoms with Gasteiger partial charge in [-0.25, -0.2) is 4.39 Å². The van der Waals surface area contributed by atoms with E-state index in [-0.39, 0.29) is 24.0 Å². The van der Waals surface area contributed by atoms with Gasteiger partial charge in [0.1, 0.15) is 5.82 Å². The van der Waals surface area contributed by atoms with Crippen molar-refractivity contribution in [1.29, 1.82) is 0 Å². The molecule has 0 spiro atoms. The Hall–Kier alpha value is -1.17. The summed E-state index contributed by atoms with van der Waals surface area (Å²) < 4.78 is 13.6. The molecule has 4 nitrogen and oxygen atoms in total. The third kappa shape index (κ3) is 3.73. The third-order valence-corrected chi connectivity index (χ3v) is 4.17. The van der Waals surface area contributed by atoms with E-state index in [0.29, 0.717) is 6.54 Å². The van der Waals surface area contributed by atoms with Gasteiger partial charge in [0.05, 0.1) is 6.10 Å². The molecule has 1 heterocycles. The molecule has 0 saturated carbocycles. The van der Waals surface area contributed by atoms with Gasteiger partial charge in [-0.05, 0) is 58.3 Å². The van der Waals surface area contributed by atoms with Crippen LogP contribution in [-0.2, 0) is 0 Å². The van der Waals surface area contributed by atoms with Gasteiger partial charge >= 0.3 is 0 Å². The minimum atomic E-state index is -0.322. The van der Waals surface area contributed by atoms with E-state index in [1.807, 2.05) is 34.1 Å². The average molecular weight is 295 g/mol. The fourth-order valence-electron chi connectivity index (χ4n) is 3.07. The zero-order chi connectivity index (χ0) is 15.6. The number of aliphatic hydroxyl groups is 1. The molecule has 5 heteroatoms. The number of nitrogens with one attached hydrogen (secondary N) is 1. The van der Waals surface area contributed by atoms with E-state index < -0.39 is 0 Å². The zero-order valence-corrected chi connectivity index (χ0v) is 13.3. The summed E-state index contributed by atoms with van der Waals surface area (Å²) in [5.41, 5.74) is 1.96. The molecule has 1 aromatic carbocycles. The molecular formula is C16H26FN3O. The molecule has 3 atom stereocenters. The summed E-state index contributed by atoms with van der Waals surface area (Å²) >= 11 is 0. The molecule has 0 amide bonds. The number of β-amino-alcohol motifs (C(OH)–C–C–N with tert-alkyl or cyclic N) is 1. The first-order valence-corrected chi connectivity index (χ1v) is 7.48. The lowest BCUT2D eigenvalue weighted by Gasteiger charge is -2.31. The van der Waals surface area contributed by atoms with E-state index in [9.17, 15) is 9.50 Å². The van der Waals surface area contributed by atoms with Crippen LogP contribution in [-0.4, -0.2) is 56.4 Å². The number of benzene rings is 1. The Kier molecular flexibility index (Phi) is 5.19. The molecular weight excluding hydrogens is 269 g/mol. The number of hydrogen-bond acceptors (Lipinski definition) is 4. The van der Waals surface area contributed by atoms with Crippen LogP contribution in [0.3, 0.4) is 0 Å². The lowest BCUT2D eigenvalue weighted by atomic mass is 10.0. The first-order valence-electron chi connectivity index (χ1n) is 7.48. The molecule has 1 aromatic rings. The molecule has 3 unspecified atom stereocenters. The Morgan fingerprint density at radius 1 is 1.48 bits per heavy atom. The van der Waals surface area contributed by atoms with E-state index in [1.165, 1.54) is 6.07 Å². The monoisotopic (exact) mass is 295 g/mol. The summed E-state index contributed by atoms with van der Waals surface area (Å²) in [6.45, 7) is 3.50. The highest BCUT2D eigenvalue weighted by atomic mass is 19.1. The molecule has 1 aliphatic heterocycles.